The number of nitrogens with one attached hydrogen (secondary N) is 1. The van der Waals surface area contributed by atoms with Crippen molar-refractivity contribution >= 4 is 51.7 Å². The number of aromatic nitrogens is 2. The summed E-state index contributed by atoms with van der Waals surface area (Å²) >= 11 is 2.20. The summed E-state index contributed by atoms with van der Waals surface area (Å²) in [6.45, 7) is -1.18. The fourth-order valence-electron chi connectivity index (χ4n) is 3.64. The van der Waals surface area contributed by atoms with Crippen LogP contribution in [0, 0.1) is 6.92 Å². The number of aryl methyl sites for hydroxylation is 1. The first kappa shape index (κ1) is 24.5. The fourth-order valence-corrected chi connectivity index (χ4v) is 5.52. The summed E-state index contributed by atoms with van der Waals surface area (Å²) in [5.74, 6) is -2.93. The number of hydrogen-bond acceptors (Lipinski definition) is 10. The standard InChI is InChI=1S/C20H18F2N6O5S2/c1-9-4-2-3-5-27(9)6-10-7-34-17-13(16(30)28(17)14(10)18(31)32)25-15(29)12(26-33-19(21)22)11-8-35-20(23)24-11/h2-5,8,13,17,19H,6-7H2,1H3,(H3-,23,24,25,29,31,32)/b26-12+/t13?,17-/m1/s1. The molecule has 0 aliphatic carbocycles. The van der Waals surface area contributed by atoms with Gasteiger partial charge in [-0.25, -0.2) is 4.98 Å². The van der Waals surface area contributed by atoms with E-state index >= 15 is 0 Å². The number of thioether (sulfide) groups is 1. The maximum Gasteiger partial charge on any atom is 0.407 e. The average Bonchev–Trinajstić information content (AvgIpc) is 3.24. The fraction of sp³-hybridized carbons (Fsp3) is 0.300. The van der Waals surface area contributed by atoms with Gasteiger partial charge >= 0.3 is 6.61 Å². The smallest absolute Gasteiger partial charge is 0.407 e. The molecule has 0 saturated carbocycles. The normalized spacial score (nSPS) is 19.9. The van der Waals surface area contributed by atoms with Crippen LogP contribution in [-0.2, 0) is 25.8 Å². The van der Waals surface area contributed by atoms with Crippen molar-refractivity contribution < 1.29 is 37.7 Å². The highest BCUT2D eigenvalue weighted by Gasteiger charge is 2.53. The molecule has 1 saturated heterocycles. The number of pyridine rings is 1. The summed E-state index contributed by atoms with van der Waals surface area (Å²) in [6, 6.07) is 4.40. The summed E-state index contributed by atoms with van der Waals surface area (Å²) in [6.07, 6.45) is 1.79. The number of amides is 2. The first-order chi connectivity index (χ1) is 16.7. The van der Waals surface area contributed by atoms with E-state index in [0.29, 0.717) is 5.57 Å². The second-order valence-corrected chi connectivity index (χ2v) is 9.44. The minimum atomic E-state index is -3.29. The molecule has 184 valence electrons. The monoisotopic (exact) mass is 524 g/mol. The zero-order valence-electron chi connectivity index (χ0n) is 18.0. The molecule has 0 aromatic carbocycles. The molecular weight excluding hydrogens is 506 g/mol. The highest BCUT2D eigenvalue weighted by molar-refractivity contribution is 8.00. The molecule has 4 heterocycles. The van der Waals surface area contributed by atoms with Crippen molar-refractivity contribution in [1.29, 1.82) is 0 Å². The molecule has 0 radical (unpaired) electrons. The Balaban J connectivity index is 1.55. The van der Waals surface area contributed by atoms with Crippen molar-refractivity contribution in [2.45, 2.75) is 31.5 Å². The molecule has 2 atom stereocenters. The number of fused-ring (bicyclic) bond motifs is 1. The van der Waals surface area contributed by atoms with Crippen LogP contribution in [0.5, 0.6) is 0 Å². The number of aliphatic carboxylic acids is 1. The highest BCUT2D eigenvalue weighted by atomic mass is 32.2. The number of halogens is 2. The average molecular weight is 525 g/mol. The van der Waals surface area contributed by atoms with Crippen molar-refractivity contribution in [1.82, 2.24) is 15.2 Å². The van der Waals surface area contributed by atoms with Crippen molar-refractivity contribution in [3.8, 4) is 0 Å². The Bertz CT molecular complexity index is 1250. The number of β-lactam (4-membered cyclic amide) rings is 1. The summed E-state index contributed by atoms with van der Waals surface area (Å²) < 4.78 is 26.8. The number of thiazole rings is 1. The molecule has 2 aromatic heterocycles. The lowest BCUT2D eigenvalue weighted by molar-refractivity contribution is -0.695. The highest BCUT2D eigenvalue weighted by Crippen LogP contribution is 2.40. The van der Waals surface area contributed by atoms with E-state index in [4.69, 9.17) is 5.73 Å². The van der Waals surface area contributed by atoms with E-state index in [1.807, 2.05) is 23.6 Å². The van der Waals surface area contributed by atoms with Gasteiger partial charge in [-0.15, -0.1) is 23.1 Å². The van der Waals surface area contributed by atoms with Crippen molar-refractivity contribution in [2.75, 3.05) is 11.5 Å². The Morgan fingerprint density at radius 3 is 2.86 bits per heavy atom. The number of hydrogen-bond donors (Lipinski definition) is 2. The van der Waals surface area contributed by atoms with Gasteiger partial charge in [0.25, 0.3) is 11.8 Å². The Morgan fingerprint density at radius 1 is 1.46 bits per heavy atom. The number of carbonyl (C=O) groups is 3. The minimum Gasteiger partial charge on any atom is -0.543 e. The summed E-state index contributed by atoms with van der Waals surface area (Å²) in [5.41, 5.74) is 5.96. The van der Waals surface area contributed by atoms with Crippen LogP contribution in [0.3, 0.4) is 0 Å². The van der Waals surface area contributed by atoms with Gasteiger partial charge in [0.1, 0.15) is 17.1 Å². The lowest BCUT2D eigenvalue weighted by atomic mass is 10.0. The first-order valence-corrected chi connectivity index (χ1v) is 12.0. The third-order valence-corrected chi connectivity index (χ3v) is 7.27. The third-order valence-electron chi connectivity index (χ3n) is 5.26. The Kier molecular flexibility index (Phi) is 6.98. The second-order valence-electron chi connectivity index (χ2n) is 7.45. The summed E-state index contributed by atoms with van der Waals surface area (Å²) in [5, 5.41) is 18.2. The third kappa shape index (κ3) is 4.95. The van der Waals surface area contributed by atoms with E-state index in [0.717, 1.165) is 21.9 Å². The maximum atomic E-state index is 12.9. The van der Waals surface area contributed by atoms with E-state index in [9.17, 15) is 28.3 Å². The summed E-state index contributed by atoms with van der Waals surface area (Å²) in [7, 11) is 0. The number of nitrogens with zero attached hydrogens (tertiary/aromatic N) is 4. The lowest BCUT2D eigenvalue weighted by Crippen LogP contribution is -2.71. The number of anilines is 1. The van der Waals surface area contributed by atoms with Crippen LogP contribution in [0.2, 0.25) is 0 Å². The molecule has 35 heavy (non-hydrogen) atoms. The minimum absolute atomic E-state index is 0.0640. The molecule has 11 nitrogen and oxygen atoms in total. The van der Waals surface area contributed by atoms with Gasteiger partial charge in [0.2, 0.25) is 0 Å². The molecule has 2 aliphatic heterocycles. The van der Waals surface area contributed by atoms with Crippen molar-refractivity contribution in [2.24, 2.45) is 5.16 Å². The Labute approximate surface area is 205 Å². The number of carboxylic acid groups (broad SMARTS) is 1. The van der Waals surface area contributed by atoms with Crippen LogP contribution < -0.4 is 20.7 Å². The van der Waals surface area contributed by atoms with Gasteiger partial charge in [-0.1, -0.05) is 11.2 Å². The molecule has 2 aliphatic rings. The molecule has 0 bridgehead atoms. The predicted molar refractivity (Wildman–Crippen MR) is 119 cm³/mol. The first-order valence-electron chi connectivity index (χ1n) is 10.0. The molecule has 2 aromatic rings. The molecular formula is C20H18F2N6O5S2. The number of carboxylic acids is 1. The largest absolute Gasteiger partial charge is 0.543 e. The zero-order chi connectivity index (χ0) is 25.3. The maximum absolute atomic E-state index is 12.9. The van der Waals surface area contributed by atoms with Gasteiger partial charge < -0.3 is 25.8 Å². The van der Waals surface area contributed by atoms with Crippen LogP contribution in [0.25, 0.3) is 0 Å². The van der Waals surface area contributed by atoms with E-state index in [1.165, 1.54) is 17.1 Å². The topological polar surface area (TPSA) is 154 Å². The van der Waals surface area contributed by atoms with Crippen LogP contribution in [0.15, 0.2) is 46.2 Å². The lowest BCUT2D eigenvalue weighted by Gasteiger charge is -2.50. The van der Waals surface area contributed by atoms with E-state index in [-0.39, 0.29) is 28.8 Å². The number of carbonyl (C=O) groups excluding carboxylic acids is 3. The second kappa shape index (κ2) is 9.95. The van der Waals surface area contributed by atoms with Crippen LogP contribution >= 0.6 is 23.1 Å². The molecule has 4 rings (SSSR count). The molecule has 1 fully saturated rings. The van der Waals surface area contributed by atoms with Crippen LogP contribution in [0.4, 0.5) is 13.9 Å². The quantitative estimate of drug-likeness (QED) is 0.200. The Morgan fingerprint density at radius 2 is 2.23 bits per heavy atom. The number of alkyl halides is 2. The van der Waals surface area contributed by atoms with Gasteiger partial charge in [0, 0.05) is 35.8 Å². The Hall–Kier alpha value is -3.59. The number of nitrogens with two attached hydrogens (primary N) is 1. The molecule has 3 N–H and O–H groups in total. The van der Waals surface area contributed by atoms with Crippen molar-refractivity contribution in [3.63, 3.8) is 0 Å². The van der Waals surface area contributed by atoms with E-state index in [1.54, 1.807) is 12.3 Å². The van der Waals surface area contributed by atoms with Crippen LogP contribution in [-0.4, -0.2) is 57.2 Å². The van der Waals surface area contributed by atoms with Gasteiger partial charge in [-0.05, 0) is 0 Å². The van der Waals surface area contributed by atoms with Crippen molar-refractivity contribution in [3.05, 3.63) is 52.4 Å². The van der Waals surface area contributed by atoms with Gasteiger partial charge in [-0.2, -0.15) is 13.3 Å². The SMILES string of the molecule is Cc1cccc[n+]1CC1=C(C(=O)[O-])N2C(=O)C(NC(=O)/C(=N/OC(F)F)c3csc(N)n3)[C@H]2SC1. The molecule has 2 amide bonds. The molecule has 15 heteroatoms. The zero-order valence-corrected chi connectivity index (χ0v) is 19.6. The number of nitrogen functional groups attached to an aromatic ring is 1. The van der Waals surface area contributed by atoms with Gasteiger partial charge in [-0.3, -0.25) is 14.5 Å². The molecule has 1 unspecified atom stereocenters. The number of oxime groups is 1. The number of rotatable bonds is 8. The molecule has 0 spiro atoms. The predicted octanol–water partition coefficient (Wildman–Crippen LogP) is -0.631. The van der Waals surface area contributed by atoms with Crippen LogP contribution in [0.1, 0.15) is 11.4 Å². The van der Waals surface area contributed by atoms with Gasteiger partial charge in [0.15, 0.2) is 29.3 Å². The van der Waals surface area contributed by atoms with E-state index in [2.05, 4.69) is 20.3 Å². The van der Waals surface area contributed by atoms with Gasteiger partial charge in [0.05, 0.1) is 11.7 Å². The summed E-state index contributed by atoms with van der Waals surface area (Å²) in [4.78, 5) is 46.4. The van der Waals surface area contributed by atoms with E-state index < -0.39 is 41.5 Å².